The number of nitrogens with one attached hydrogen (secondary N) is 1. The molecule has 0 radical (unpaired) electrons. The van der Waals surface area contributed by atoms with Gasteiger partial charge in [0, 0.05) is 10.6 Å². The van der Waals surface area contributed by atoms with E-state index in [4.69, 9.17) is 9.47 Å². The van der Waals surface area contributed by atoms with Crippen LogP contribution in [-0.4, -0.2) is 37.1 Å². The molecule has 1 saturated heterocycles. The fourth-order valence-corrected chi connectivity index (χ4v) is 2.40. The van der Waals surface area contributed by atoms with E-state index in [1.807, 2.05) is 30.3 Å². The Balaban J connectivity index is 1.58. The van der Waals surface area contributed by atoms with E-state index in [-0.39, 0.29) is 25.2 Å². The minimum Gasteiger partial charge on any atom is -0.463 e. The van der Waals surface area contributed by atoms with Crippen molar-refractivity contribution in [3.05, 3.63) is 30.3 Å². The van der Waals surface area contributed by atoms with Crippen molar-refractivity contribution >= 4 is 23.8 Å². The molecule has 1 aliphatic heterocycles. The molecular weight excluding hydrogens is 266 g/mol. The molecule has 1 unspecified atom stereocenters. The van der Waals surface area contributed by atoms with Crippen molar-refractivity contribution in [2.75, 3.05) is 19.0 Å². The molecule has 1 fully saturated rings. The first-order valence-electron chi connectivity index (χ1n) is 6.01. The summed E-state index contributed by atoms with van der Waals surface area (Å²) < 4.78 is 9.76. The average Bonchev–Trinajstić information content (AvgIpc) is 2.83. The van der Waals surface area contributed by atoms with Crippen LogP contribution in [-0.2, 0) is 14.3 Å². The third-order valence-corrected chi connectivity index (χ3v) is 3.51. The van der Waals surface area contributed by atoms with Crippen LogP contribution in [0.15, 0.2) is 35.2 Å². The molecule has 2 rings (SSSR count). The van der Waals surface area contributed by atoms with E-state index in [0.29, 0.717) is 12.2 Å². The summed E-state index contributed by atoms with van der Waals surface area (Å²) in [4.78, 5) is 23.4. The van der Waals surface area contributed by atoms with Gasteiger partial charge in [-0.25, -0.2) is 4.79 Å². The zero-order chi connectivity index (χ0) is 13.5. The van der Waals surface area contributed by atoms with Crippen molar-refractivity contribution in [3.8, 4) is 0 Å². The van der Waals surface area contributed by atoms with Crippen LogP contribution in [0.4, 0.5) is 4.79 Å². The third-order valence-electron chi connectivity index (χ3n) is 2.50. The molecule has 0 spiro atoms. The number of carbonyl (C=O) groups is 2. The average molecular weight is 281 g/mol. The molecule has 1 N–H and O–H groups in total. The first kappa shape index (κ1) is 13.7. The molecule has 1 heterocycles. The molecule has 0 saturated carbocycles. The van der Waals surface area contributed by atoms with E-state index < -0.39 is 6.09 Å². The number of hydrogen-bond acceptors (Lipinski definition) is 5. The van der Waals surface area contributed by atoms with Gasteiger partial charge in [0.2, 0.25) is 0 Å². The van der Waals surface area contributed by atoms with E-state index in [0.717, 1.165) is 4.90 Å². The van der Waals surface area contributed by atoms with E-state index >= 15 is 0 Å². The molecular formula is C13H15NO4S. The Morgan fingerprint density at radius 2 is 2.21 bits per heavy atom. The largest absolute Gasteiger partial charge is 0.463 e. The normalized spacial score (nSPS) is 17.7. The van der Waals surface area contributed by atoms with Gasteiger partial charge in [0.25, 0.3) is 0 Å². The summed E-state index contributed by atoms with van der Waals surface area (Å²) in [5.74, 6) is 0.417. The smallest absolute Gasteiger partial charge is 0.407 e. The van der Waals surface area contributed by atoms with Crippen LogP contribution in [0.1, 0.15) is 6.42 Å². The molecule has 1 aromatic rings. The van der Waals surface area contributed by atoms with Crippen molar-refractivity contribution in [2.45, 2.75) is 17.4 Å². The van der Waals surface area contributed by atoms with Crippen LogP contribution < -0.4 is 5.32 Å². The molecule has 19 heavy (non-hydrogen) atoms. The highest BCUT2D eigenvalue weighted by atomic mass is 32.2. The minimum absolute atomic E-state index is 0.167. The maximum Gasteiger partial charge on any atom is 0.407 e. The fraction of sp³-hybridized carbons (Fsp3) is 0.385. The van der Waals surface area contributed by atoms with Crippen LogP contribution >= 0.6 is 11.8 Å². The Morgan fingerprint density at radius 1 is 1.42 bits per heavy atom. The van der Waals surface area contributed by atoms with E-state index in [9.17, 15) is 9.59 Å². The Hall–Kier alpha value is -1.69. The molecule has 0 aliphatic carbocycles. The van der Waals surface area contributed by atoms with Gasteiger partial charge in [-0.2, -0.15) is 0 Å². The highest BCUT2D eigenvalue weighted by Crippen LogP contribution is 2.17. The second-order valence-electron chi connectivity index (χ2n) is 4.03. The highest BCUT2D eigenvalue weighted by molar-refractivity contribution is 7.99. The second kappa shape index (κ2) is 7.04. The molecule has 102 valence electrons. The zero-order valence-electron chi connectivity index (χ0n) is 10.3. The molecule has 0 bridgehead atoms. The van der Waals surface area contributed by atoms with Gasteiger partial charge in [-0.15, -0.1) is 11.8 Å². The number of ether oxygens (including phenoxy) is 2. The maximum absolute atomic E-state index is 11.5. The molecule has 6 heteroatoms. The maximum atomic E-state index is 11.5. The lowest BCUT2D eigenvalue weighted by molar-refractivity contribution is -0.143. The summed E-state index contributed by atoms with van der Waals surface area (Å²) in [6, 6.07) is 9.66. The lowest BCUT2D eigenvalue weighted by Gasteiger charge is -2.08. The predicted octanol–water partition coefficient (Wildman–Crippen LogP) is 1.82. The zero-order valence-corrected chi connectivity index (χ0v) is 11.2. The standard InChI is InChI=1S/C13H15NO4S/c15-12(17-8-10-9-18-13(16)14-10)6-7-19-11-4-2-1-3-5-11/h1-5,10H,6-9H2,(H,14,16). The number of hydrogen-bond donors (Lipinski definition) is 1. The summed E-state index contributed by atoms with van der Waals surface area (Å²) >= 11 is 1.61. The number of rotatable bonds is 6. The highest BCUT2D eigenvalue weighted by Gasteiger charge is 2.23. The van der Waals surface area contributed by atoms with Crippen LogP contribution in [0.3, 0.4) is 0 Å². The van der Waals surface area contributed by atoms with Gasteiger partial charge >= 0.3 is 12.1 Å². The van der Waals surface area contributed by atoms with Gasteiger partial charge in [-0.1, -0.05) is 18.2 Å². The number of amides is 1. The van der Waals surface area contributed by atoms with E-state index in [1.165, 1.54) is 0 Å². The Kier molecular flexibility index (Phi) is 5.09. The number of carbonyl (C=O) groups excluding carboxylic acids is 2. The SMILES string of the molecule is O=C(CCSc1ccccc1)OCC1COC(=O)N1. The Labute approximate surface area is 115 Å². The van der Waals surface area contributed by atoms with Crippen molar-refractivity contribution < 1.29 is 19.1 Å². The van der Waals surface area contributed by atoms with Gasteiger partial charge < -0.3 is 14.8 Å². The molecule has 1 atom stereocenters. The van der Waals surface area contributed by atoms with Crippen LogP contribution in [0, 0.1) is 0 Å². The third kappa shape index (κ3) is 4.82. The Morgan fingerprint density at radius 3 is 2.89 bits per heavy atom. The van der Waals surface area contributed by atoms with Crippen LogP contribution in [0.25, 0.3) is 0 Å². The van der Waals surface area contributed by atoms with Crippen LogP contribution in [0.2, 0.25) is 0 Å². The molecule has 1 aromatic carbocycles. The monoisotopic (exact) mass is 281 g/mol. The van der Waals surface area contributed by atoms with Gasteiger partial charge in [0.1, 0.15) is 19.3 Å². The van der Waals surface area contributed by atoms with Crippen molar-refractivity contribution in [1.82, 2.24) is 5.32 Å². The minimum atomic E-state index is -0.458. The number of alkyl carbamates (subject to hydrolysis) is 1. The summed E-state index contributed by atoms with van der Waals surface area (Å²) in [5, 5.41) is 2.55. The lowest BCUT2D eigenvalue weighted by Crippen LogP contribution is -2.31. The van der Waals surface area contributed by atoms with Crippen molar-refractivity contribution in [3.63, 3.8) is 0 Å². The summed E-state index contributed by atoms with van der Waals surface area (Å²) in [6.07, 6.45) is -0.109. The number of cyclic esters (lactones) is 1. The second-order valence-corrected chi connectivity index (χ2v) is 5.20. The first-order valence-corrected chi connectivity index (χ1v) is 6.99. The molecule has 5 nitrogen and oxygen atoms in total. The fourth-order valence-electron chi connectivity index (χ4n) is 1.55. The Bertz CT molecular complexity index is 438. The quantitative estimate of drug-likeness (QED) is 0.636. The summed E-state index contributed by atoms with van der Waals surface area (Å²) in [7, 11) is 0. The van der Waals surface area contributed by atoms with Crippen LogP contribution in [0.5, 0.6) is 0 Å². The number of thioether (sulfide) groups is 1. The van der Waals surface area contributed by atoms with Crippen molar-refractivity contribution in [1.29, 1.82) is 0 Å². The van der Waals surface area contributed by atoms with E-state index in [2.05, 4.69) is 5.32 Å². The predicted molar refractivity (Wildman–Crippen MR) is 71.0 cm³/mol. The van der Waals surface area contributed by atoms with Gasteiger partial charge in [-0.05, 0) is 12.1 Å². The first-order chi connectivity index (χ1) is 9.24. The van der Waals surface area contributed by atoms with Crippen molar-refractivity contribution in [2.24, 2.45) is 0 Å². The number of esters is 1. The van der Waals surface area contributed by atoms with Gasteiger partial charge in [0.15, 0.2) is 0 Å². The molecule has 0 aromatic heterocycles. The molecule has 1 amide bonds. The van der Waals surface area contributed by atoms with Gasteiger partial charge in [0.05, 0.1) is 6.42 Å². The summed E-state index contributed by atoms with van der Waals surface area (Å²) in [5.41, 5.74) is 0. The topological polar surface area (TPSA) is 64.6 Å². The van der Waals surface area contributed by atoms with E-state index in [1.54, 1.807) is 11.8 Å². The van der Waals surface area contributed by atoms with Gasteiger partial charge in [-0.3, -0.25) is 4.79 Å². The molecule has 1 aliphatic rings. The lowest BCUT2D eigenvalue weighted by atomic mass is 10.3. The summed E-state index contributed by atoms with van der Waals surface area (Å²) in [6.45, 7) is 0.422. The number of benzene rings is 1.